The van der Waals surface area contributed by atoms with Crippen molar-refractivity contribution in [1.82, 2.24) is 9.21 Å². The monoisotopic (exact) mass is 404 g/mol. The Labute approximate surface area is 165 Å². The van der Waals surface area contributed by atoms with Gasteiger partial charge in [0.25, 0.3) is 0 Å². The Bertz CT molecular complexity index is 906. The molecule has 0 saturated heterocycles. The summed E-state index contributed by atoms with van der Waals surface area (Å²) < 4.78 is 25.9. The van der Waals surface area contributed by atoms with Gasteiger partial charge < -0.3 is 4.90 Å². The lowest BCUT2D eigenvalue weighted by Crippen LogP contribution is -2.47. The van der Waals surface area contributed by atoms with Crippen LogP contribution in [0, 0.1) is 0 Å². The molecule has 1 aliphatic heterocycles. The van der Waals surface area contributed by atoms with Gasteiger partial charge in [-0.05, 0) is 35.9 Å². The van der Waals surface area contributed by atoms with Crippen molar-refractivity contribution in [3.63, 3.8) is 0 Å². The van der Waals surface area contributed by atoms with E-state index in [4.69, 9.17) is 0 Å². The number of amides is 1. The molecule has 1 amide bonds. The Morgan fingerprint density at radius 1 is 1.33 bits per heavy atom. The fraction of sp³-hybridized carbons (Fsp3) is 0.350. The van der Waals surface area contributed by atoms with Crippen LogP contribution in [0.5, 0.6) is 0 Å². The number of benzene rings is 1. The number of carbonyl (C=O) groups is 1. The SMILES string of the molecule is C=CCN(CC(=O)N1CCc2sccc2C1c1ccccc1)S(=O)(=O)CC. The maximum Gasteiger partial charge on any atom is 0.238 e. The van der Waals surface area contributed by atoms with Crippen LogP contribution in [0.15, 0.2) is 54.4 Å². The van der Waals surface area contributed by atoms with Crippen molar-refractivity contribution in [1.29, 1.82) is 0 Å². The maximum absolute atomic E-state index is 13.2. The number of fused-ring (bicyclic) bond motifs is 1. The average molecular weight is 405 g/mol. The van der Waals surface area contributed by atoms with Gasteiger partial charge in [-0.1, -0.05) is 36.4 Å². The first-order valence-corrected chi connectivity index (χ1v) is 11.5. The number of nitrogens with zero attached hydrogens (tertiary/aromatic N) is 2. The zero-order valence-corrected chi connectivity index (χ0v) is 17.0. The molecule has 0 aliphatic carbocycles. The van der Waals surface area contributed by atoms with E-state index < -0.39 is 10.0 Å². The third-order valence-corrected chi connectivity index (χ3v) is 7.60. The molecule has 0 bridgehead atoms. The molecule has 0 radical (unpaired) electrons. The van der Waals surface area contributed by atoms with Gasteiger partial charge in [0.05, 0.1) is 18.3 Å². The van der Waals surface area contributed by atoms with Crippen LogP contribution in [0.1, 0.15) is 29.0 Å². The second kappa shape index (κ2) is 8.37. The second-order valence-corrected chi connectivity index (χ2v) is 9.69. The Hall–Kier alpha value is -1.96. The molecule has 0 N–H and O–H groups in total. The van der Waals surface area contributed by atoms with Crippen LogP contribution in [0.2, 0.25) is 0 Å². The average Bonchev–Trinajstić information content (AvgIpc) is 3.16. The minimum atomic E-state index is -3.47. The summed E-state index contributed by atoms with van der Waals surface area (Å²) in [4.78, 5) is 16.3. The molecular formula is C20H24N2O3S2. The van der Waals surface area contributed by atoms with Gasteiger partial charge in [0.2, 0.25) is 15.9 Å². The first kappa shape index (κ1) is 19.8. The summed E-state index contributed by atoms with van der Waals surface area (Å²) >= 11 is 1.71. The number of hydrogen-bond acceptors (Lipinski definition) is 4. The van der Waals surface area contributed by atoms with Crippen molar-refractivity contribution >= 4 is 27.3 Å². The van der Waals surface area contributed by atoms with Crippen LogP contribution < -0.4 is 0 Å². The first-order valence-electron chi connectivity index (χ1n) is 8.97. The van der Waals surface area contributed by atoms with Crippen LogP contribution in [-0.4, -0.2) is 48.9 Å². The quantitative estimate of drug-likeness (QED) is 0.667. The van der Waals surface area contributed by atoms with Crippen molar-refractivity contribution in [2.75, 3.05) is 25.4 Å². The zero-order valence-electron chi connectivity index (χ0n) is 15.4. The molecule has 0 saturated carbocycles. The summed E-state index contributed by atoms with van der Waals surface area (Å²) in [5, 5.41) is 2.06. The molecule has 0 spiro atoms. The summed E-state index contributed by atoms with van der Waals surface area (Å²) in [5.74, 6) is -0.218. The van der Waals surface area contributed by atoms with Crippen molar-refractivity contribution in [2.45, 2.75) is 19.4 Å². The molecule has 1 unspecified atom stereocenters. The highest BCUT2D eigenvalue weighted by Crippen LogP contribution is 2.37. The molecule has 0 fully saturated rings. The largest absolute Gasteiger partial charge is 0.330 e. The van der Waals surface area contributed by atoms with E-state index in [1.807, 2.05) is 35.2 Å². The lowest BCUT2D eigenvalue weighted by molar-refractivity contribution is -0.133. The number of carbonyl (C=O) groups excluding carboxylic acids is 1. The third kappa shape index (κ3) is 4.15. The van der Waals surface area contributed by atoms with E-state index >= 15 is 0 Å². The van der Waals surface area contributed by atoms with Gasteiger partial charge in [0.1, 0.15) is 0 Å². The Kier molecular flexibility index (Phi) is 6.14. The molecule has 27 heavy (non-hydrogen) atoms. The van der Waals surface area contributed by atoms with Crippen molar-refractivity contribution in [3.05, 3.63) is 70.4 Å². The number of sulfonamides is 1. The third-order valence-electron chi connectivity index (χ3n) is 4.80. The van der Waals surface area contributed by atoms with Crippen molar-refractivity contribution < 1.29 is 13.2 Å². The van der Waals surface area contributed by atoms with Crippen molar-refractivity contribution in [3.8, 4) is 0 Å². The van der Waals surface area contributed by atoms with E-state index in [1.54, 1.807) is 18.3 Å². The molecule has 144 valence electrons. The summed E-state index contributed by atoms with van der Waals surface area (Å²) in [6.07, 6.45) is 2.31. The highest BCUT2D eigenvalue weighted by atomic mass is 32.2. The van der Waals surface area contributed by atoms with Crippen LogP contribution in [-0.2, 0) is 21.2 Å². The molecule has 3 rings (SSSR count). The summed E-state index contributed by atoms with van der Waals surface area (Å²) in [6.45, 7) is 5.76. The summed E-state index contributed by atoms with van der Waals surface area (Å²) in [7, 11) is -3.47. The summed E-state index contributed by atoms with van der Waals surface area (Å²) in [6, 6.07) is 11.8. The van der Waals surface area contributed by atoms with Crippen LogP contribution >= 0.6 is 11.3 Å². The van der Waals surface area contributed by atoms with Gasteiger partial charge in [-0.2, -0.15) is 4.31 Å². The molecule has 1 aromatic heterocycles. The molecule has 2 heterocycles. The highest BCUT2D eigenvalue weighted by Gasteiger charge is 2.34. The number of rotatable bonds is 7. The smallest absolute Gasteiger partial charge is 0.238 e. The van der Waals surface area contributed by atoms with Gasteiger partial charge in [-0.3, -0.25) is 4.79 Å². The maximum atomic E-state index is 13.2. The normalized spacial score (nSPS) is 17.0. The van der Waals surface area contributed by atoms with Crippen LogP contribution in [0.4, 0.5) is 0 Å². The first-order chi connectivity index (χ1) is 13.0. The number of hydrogen-bond donors (Lipinski definition) is 0. The van der Waals surface area contributed by atoms with E-state index in [-0.39, 0.29) is 30.8 Å². The molecule has 1 aromatic carbocycles. The topological polar surface area (TPSA) is 57.7 Å². The molecule has 1 aliphatic rings. The Morgan fingerprint density at radius 2 is 2.07 bits per heavy atom. The minimum absolute atomic E-state index is 0.0368. The second-order valence-electron chi connectivity index (χ2n) is 6.43. The van der Waals surface area contributed by atoms with Crippen LogP contribution in [0.3, 0.4) is 0 Å². The van der Waals surface area contributed by atoms with Crippen LogP contribution in [0.25, 0.3) is 0 Å². The molecular weight excluding hydrogens is 380 g/mol. The Balaban J connectivity index is 1.92. The fourth-order valence-corrected chi connectivity index (χ4v) is 5.33. The summed E-state index contributed by atoms with van der Waals surface area (Å²) in [5.41, 5.74) is 2.18. The lowest BCUT2D eigenvalue weighted by atomic mass is 9.93. The van der Waals surface area contributed by atoms with Crippen molar-refractivity contribution in [2.24, 2.45) is 0 Å². The minimum Gasteiger partial charge on any atom is -0.330 e. The molecule has 5 nitrogen and oxygen atoms in total. The van der Waals surface area contributed by atoms with E-state index in [0.717, 1.165) is 17.5 Å². The van der Waals surface area contributed by atoms with E-state index in [1.165, 1.54) is 15.3 Å². The zero-order chi connectivity index (χ0) is 19.4. The Morgan fingerprint density at radius 3 is 2.74 bits per heavy atom. The van der Waals surface area contributed by atoms with Gasteiger partial charge in [-0.25, -0.2) is 8.42 Å². The van der Waals surface area contributed by atoms with E-state index in [0.29, 0.717) is 6.54 Å². The highest BCUT2D eigenvalue weighted by molar-refractivity contribution is 7.89. The van der Waals surface area contributed by atoms with Gasteiger partial charge in [0, 0.05) is 18.0 Å². The number of thiophene rings is 1. The predicted molar refractivity (Wildman–Crippen MR) is 109 cm³/mol. The molecule has 1 atom stereocenters. The molecule has 7 heteroatoms. The van der Waals surface area contributed by atoms with E-state index in [2.05, 4.69) is 18.0 Å². The van der Waals surface area contributed by atoms with Gasteiger partial charge >= 0.3 is 0 Å². The fourth-order valence-electron chi connectivity index (χ4n) is 3.42. The van der Waals surface area contributed by atoms with Gasteiger partial charge in [-0.15, -0.1) is 17.9 Å². The van der Waals surface area contributed by atoms with E-state index in [9.17, 15) is 13.2 Å². The van der Waals surface area contributed by atoms with Gasteiger partial charge in [0.15, 0.2) is 0 Å². The standard InChI is InChI=1S/C20H24N2O3S2/c1-3-12-21(27(24,25)4-2)15-19(23)22-13-10-18-17(11-14-26-18)20(22)16-8-6-5-7-9-16/h3,5-9,11,14,20H,1,4,10,12-13,15H2,2H3. The lowest BCUT2D eigenvalue weighted by Gasteiger charge is -2.37. The predicted octanol–water partition coefficient (Wildman–Crippen LogP) is 3.06. The molecule has 2 aromatic rings.